The van der Waals surface area contributed by atoms with Crippen molar-refractivity contribution in [1.29, 1.82) is 0 Å². The average molecular weight is 259 g/mol. The fourth-order valence-electron chi connectivity index (χ4n) is 1.48. The molecule has 7 nitrogen and oxygen atoms in total. The van der Waals surface area contributed by atoms with Gasteiger partial charge in [0.15, 0.2) is 5.69 Å². The van der Waals surface area contributed by atoms with Gasteiger partial charge in [-0.25, -0.2) is 0 Å². The summed E-state index contributed by atoms with van der Waals surface area (Å²) < 4.78 is 0. The number of nitro benzene ring substituents is 1. The van der Waals surface area contributed by atoms with Gasteiger partial charge >= 0.3 is 0 Å². The molecule has 0 radical (unpaired) electrons. The van der Waals surface area contributed by atoms with Crippen LogP contribution in [-0.2, 0) is 0 Å². The van der Waals surface area contributed by atoms with E-state index in [1.807, 2.05) is 0 Å². The van der Waals surface area contributed by atoms with E-state index in [-0.39, 0.29) is 22.8 Å². The summed E-state index contributed by atoms with van der Waals surface area (Å²) in [5, 5.41) is 22.7. The van der Waals surface area contributed by atoms with Gasteiger partial charge < -0.3 is 10.4 Å². The van der Waals surface area contributed by atoms with Crippen LogP contribution in [0, 0.1) is 10.1 Å². The minimum Gasteiger partial charge on any atom is -0.505 e. The highest BCUT2D eigenvalue weighted by Crippen LogP contribution is 2.33. The molecule has 2 N–H and O–H groups in total. The number of carbonyl (C=O) groups is 1. The van der Waals surface area contributed by atoms with Crippen molar-refractivity contribution in [3.8, 4) is 5.75 Å². The highest BCUT2D eigenvalue weighted by Gasteiger charge is 2.20. The molecule has 1 amide bonds. The van der Waals surface area contributed by atoms with Gasteiger partial charge in [0.05, 0.1) is 4.92 Å². The van der Waals surface area contributed by atoms with Crippen molar-refractivity contribution in [3.63, 3.8) is 0 Å². The summed E-state index contributed by atoms with van der Waals surface area (Å²) in [6, 6.07) is 8.47. The quantitative estimate of drug-likeness (QED) is 0.498. The van der Waals surface area contributed by atoms with Crippen molar-refractivity contribution < 1.29 is 14.8 Å². The van der Waals surface area contributed by atoms with Gasteiger partial charge in [0.25, 0.3) is 11.6 Å². The Labute approximate surface area is 107 Å². The van der Waals surface area contributed by atoms with E-state index in [1.54, 1.807) is 12.1 Å². The number of hydrogen-bond donors (Lipinski definition) is 2. The third-order valence-corrected chi connectivity index (χ3v) is 2.35. The first-order valence-corrected chi connectivity index (χ1v) is 5.28. The molecule has 0 fully saturated rings. The van der Waals surface area contributed by atoms with Crippen molar-refractivity contribution in [2.75, 3.05) is 5.32 Å². The second kappa shape index (κ2) is 5.13. The van der Waals surface area contributed by atoms with Crippen molar-refractivity contribution >= 4 is 17.3 Å². The molecule has 0 saturated carbocycles. The number of nitrogens with zero attached hydrogens (tertiary/aromatic N) is 2. The minimum atomic E-state index is -0.687. The number of para-hydroxylation sites is 1. The smallest absolute Gasteiger partial charge is 0.296 e. The molecule has 0 atom stereocenters. The monoisotopic (exact) mass is 259 g/mol. The Kier molecular flexibility index (Phi) is 3.37. The van der Waals surface area contributed by atoms with Crippen LogP contribution in [0.25, 0.3) is 0 Å². The van der Waals surface area contributed by atoms with Crippen LogP contribution in [0.4, 0.5) is 11.4 Å². The number of phenols is 1. The van der Waals surface area contributed by atoms with Crippen LogP contribution in [0.15, 0.2) is 42.6 Å². The lowest BCUT2D eigenvalue weighted by Crippen LogP contribution is -2.14. The molecule has 0 bridgehead atoms. The number of anilines is 1. The van der Waals surface area contributed by atoms with Crippen LogP contribution in [-0.4, -0.2) is 20.9 Å². The van der Waals surface area contributed by atoms with Gasteiger partial charge in [0.2, 0.25) is 0 Å². The van der Waals surface area contributed by atoms with E-state index >= 15 is 0 Å². The number of carbonyl (C=O) groups excluding carboxylic acids is 1. The molecule has 2 rings (SSSR count). The molecule has 0 saturated heterocycles. The molecule has 7 heteroatoms. The summed E-state index contributed by atoms with van der Waals surface area (Å²) in [5.74, 6) is -1.01. The predicted molar refractivity (Wildman–Crippen MR) is 67.0 cm³/mol. The zero-order valence-corrected chi connectivity index (χ0v) is 9.61. The Morgan fingerprint density at radius 3 is 2.68 bits per heavy atom. The molecular formula is C12H9N3O4. The number of nitro groups is 1. The lowest BCUT2D eigenvalue weighted by molar-refractivity contribution is -0.384. The summed E-state index contributed by atoms with van der Waals surface area (Å²) >= 11 is 0. The molecular weight excluding hydrogens is 250 g/mol. The van der Waals surface area contributed by atoms with E-state index in [2.05, 4.69) is 10.3 Å². The van der Waals surface area contributed by atoms with Gasteiger partial charge in [0, 0.05) is 12.3 Å². The molecule has 0 unspecified atom stereocenters. The van der Waals surface area contributed by atoms with Crippen LogP contribution in [0.3, 0.4) is 0 Å². The summed E-state index contributed by atoms with van der Waals surface area (Å²) in [7, 11) is 0. The van der Waals surface area contributed by atoms with Crippen LogP contribution >= 0.6 is 0 Å². The standard InChI is InChI=1S/C12H9N3O4/c16-10-6-3-5-9(15(18)19)11(10)14-12(17)8-4-1-2-7-13-8/h1-7,16H,(H,14,17). The van der Waals surface area contributed by atoms with Crippen molar-refractivity contribution in [3.05, 3.63) is 58.4 Å². The molecule has 1 aromatic heterocycles. The number of nitrogens with one attached hydrogen (secondary N) is 1. The number of aromatic hydroxyl groups is 1. The average Bonchev–Trinajstić information content (AvgIpc) is 2.41. The SMILES string of the molecule is O=C(Nc1c(O)cccc1[N+](=O)[O-])c1ccccn1. The van der Waals surface area contributed by atoms with Gasteiger partial charge in [0.1, 0.15) is 11.4 Å². The molecule has 96 valence electrons. The molecule has 0 aliphatic heterocycles. The summed E-state index contributed by atoms with van der Waals surface area (Å²) in [5.41, 5.74) is -0.535. The zero-order chi connectivity index (χ0) is 13.8. The number of rotatable bonds is 3. The predicted octanol–water partition coefficient (Wildman–Crippen LogP) is 1.95. The first kappa shape index (κ1) is 12.5. The first-order valence-electron chi connectivity index (χ1n) is 5.28. The Hall–Kier alpha value is -2.96. The molecule has 2 aromatic rings. The Morgan fingerprint density at radius 1 is 1.26 bits per heavy atom. The topological polar surface area (TPSA) is 105 Å². The van der Waals surface area contributed by atoms with Gasteiger partial charge in [-0.1, -0.05) is 12.1 Å². The van der Waals surface area contributed by atoms with Crippen LogP contribution < -0.4 is 5.32 Å². The van der Waals surface area contributed by atoms with E-state index in [4.69, 9.17) is 0 Å². The molecule has 19 heavy (non-hydrogen) atoms. The van der Waals surface area contributed by atoms with E-state index in [0.29, 0.717) is 0 Å². The molecule has 0 aliphatic rings. The highest BCUT2D eigenvalue weighted by molar-refractivity contribution is 6.05. The largest absolute Gasteiger partial charge is 0.505 e. The molecule has 1 heterocycles. The second-order valence-electron chi connectivity index (χ2n) is 3.60. The molecule has 0 aliphatic carbocycles. The summed E-state index contributed by atoms with van der Waals surface area (Å²) in [4.78, 5) is 25.8. The van der Waals surface area contributed by atoms with Crippen molar-refractivity contribution in [2.45, 2.75) is 0 Å². The number of benzene rings is 1. The number of amides is 1. The normalized spacial score (nSPS) is 9.89. The lowest BCUT2D eigenvalue weighted by Gasteiger charge is -2.07. The van der Waals surface area contributed by atoms with Gasteiger partial charge in [-0.15, -0.1) is 0 Å². The van der Waals surface area contributed by atoms with Gasteiger partial charge in [-0.3, -0.25) is 19.9 Å². The highest BCUT2D eigenvalue weighted by atomic mass is 16.6. The minimum absolute atomic E-state index is 0.0973. The third-order valence-electron chi connectivity index (χ3n) is 2.35. The van der Waals surface area contributed by atoms with Gasteiger partial charge in [-0.05, 0) is 18.2 Å². The number of aromatic nitrogens is 1. The summed E-state index contributed by atoms with van der Waals surface area (Å²) in [6.07, 6.45) is 1.42. The maximum absolute atomic E-state index is 11.8. The Balaban J connectivity index is 2.34. The van der Waals surface area contributed by atoms with E-state index in [0.717, 1.165) is 0 Å². The number of pyridine rings is 1. The second-order valence-corrected chi connectivity index (χ2v) is 3.60. The van der Waals surface area contributed by atoms with Crippen LogP contribution in [0.2, 0.25) is 0 Å². The number of phenolic OH excluding ortho intramolecular Hbond substituents is 1. The lowest BCUT2D eigenvalue weighted by atomic mass is 10.2. The fraction of sp³-hybridized carbons (Fsp3) is 0. The van der Waals surface area contributed by atoms with E-state index in [9.17, 15) is 20.0 Å². The van der Waals surface area contributed by atoms with E-state index in [1.165, 1.54) is 30.5 Å². The Morgan fingerprint density at radius 2 is 2.05 bits per heavy atom. The molecule has 0 spiro atoms. The van der Waals surface area contributed by atoms with E-state index < -0.39 is 10.8 Å². The Bertz CT molecular complexity index is 628. The first-order chi connectivity index (χ1) is 9.09. The summed E-state index contributed by atoms with van der Waals surface area (Å²) in [6.45, 7) is 0. The number of hydrogen-bond acceptors (Lipinski definition) is 5. The maximum atomic E-state index is 11.8. The fourth-order valence-corrected chi connectivity index (χ4v) is 1.48. The van der Waals surface area contributed by atoms with Crippen LogP contribution in [0.5, 0.6) is 5.75 Å². The molecule has 1 aromatic carbocycles. The maximum Gasteiger partial charge on any atom is 0.296 e. The third kappa shape index (κ3) is 2.65. The van der Waals surface area contributed by atoms with Crippen molar-refractivity contribution in [2.24, 2.45) is 0 Å². The zero-order valence-electron chi connectivity index (χ0n) is 9.61. The van der Waals surface area contributed by atoms with Crippen LogP contribution in [0.1, 0.15) is 10.5 Å². The van der Waals surface area contributed by atoms with Gasteiger partial charge in [-0.2, -0.15) is 0 Å². The van der Waals surface area contributed by atoms with Crippen molar-refractivity contribution in [1.82, 2.24) is 4.98 Å².